The van der Waals surface area contributed by atoms with Gasteiger partial charge in [0.2, 0.25) is 17.7 Å². The molecular weight excluding hydrogens is 658 g/mol. The van der Waals surface area contributed by atoms with Crippen molar-refractivity contribution < 1.29 is 18.7 Å². The van der Waals surface area contributed by atoms with Crippen molar-refractivity contribution in [3.8, 4) is 28.4 Å². The van der Waals surface area contributed by atoms with E-state index in [4.69, 9.17) is 32.9 Å². The quantitative estimate of drug-likeness (QED) is 0.129. The smallest absolute Gasteiger partial charge is 0.220 e. The molecule has 250 valence electrons. The molecule has 4 aromatic rings. The van der Waals surface area contributed by atoms with E-state index in [0.717, 1.165) is 18.4 Å². The Hall–Kier alpha value is -4.36. The molecule has 0 bridgehead atoms. The standard InChI is InChI=1S/C34H35Cl2FN8O3/c1-48-34-19(15-38-16-20-6-9-28(46)42-20)5-8-24(45-34)22-11-13-41-33(31(22)36)23-3-2-4-25(30(23)35)44-26-12-14-40-27(32(26)37)18-39-17-21-7-10-29(47)43-21/h2-5,8,11-14,20-21,38-39H,6-7,9-10,15-18H2,1H3,(H,40,44)(H,42,46)(H,43,47)/t20-,21-/m0/s1. The van der Waals surface area contributed by atoms with E-state index in [1.807, 2.05) is 12.1 Å². The van der Waals surface area contributed by atoms with E-state index in [1.54, 1.807) is 37.6 Å². The number of benzene rings is 1. The fourth-order valence-electron chi connectivity index (χ4n) is 5.83. The zero-order valence-corrected chi connectivity index (χ0v) is 27.7. The van der Waals surface area contributed by atoms with Crippen molar-refractivity contribution in [2.45, 2.75) is 50.9 Å². The number of amides is 2. The summed E-state index contributed by atoms with van der Waals surface area (Å²) in [6.07, 6.45) is 5.78. The van der Waals surface area contributed by atoms with Crippen LogP contribution in [0.15, 0.2) is 54.9 Å². The molecule has 48 heavy (non-hydrogen) atoms. The molecule has 0 saturated carbocycles. The monoisotopic (exact) mass is 692 g/mol. The highest BCUT2D eigenvalue weighted by molar-refractivity contribution is 6.39. The Balaban J connectivity index is 1.17. The Morgan fingerprint density at radius 1 is 0.854 bits per heavy atom. The number of anilines is 2. The number of aromatic nitrogens is 3. The van der Waals surface area contributed by atoms with Gasteiger partial charge in [-0.25, -0.2) is 9.37 Å². The predicted octanol–water partition coefficient (Wildman–Crippen LogP) is 5.14. The molecule has 2 aliphatic rings. The van der Waals surface area contributed by atoms with Gasteiger partial charge in [0.05, 0.1) is 45.6 Å². The minimum absolute atomic E-state index is 0.0284. The summed E-state index contributed by atoms with van der Waals surface area (Å²) in [5.74, 6) is 0.0539. The molecule has 2 amide bonds. The van der Waals surface area contributed by atoms with Crippen LogP contribution in [-0.4, -0.2) is 59.0 Å². The SMILES string of the molecule is COc1nc(-c2ccnc(-c3cccc(Nc4ccnc(CNC[C@@H]5CCC(=O)N5)c4F)c3Cl)c2Cl)ccc1CNC[C@@H]1CCC(=O)N1. The van der Waals surface area contributed by atoms with Crippen molar-refractivity contribution in [2.24, 2.45) is 0 Å². The summed E-state index contributed by atoms with van der Waals surface area (Å²) in [5.41, 5.74) is 3.99. The number of hydrogen-bond acceptors (Lipinski definition) is 9. The molecule has 14 heteroatoms. The van der Waals surface area contributed by atoms with Crippen LogP contribution in [0.5, 0.6) is 5.88 Å². The van der Waals surface area contributed by atoms with Gasteiger partial charge in [-0.15, -0.1) is 0 Å². The number of nitrogens with zero attached hydrogens (tertiary/aromatic N) is 3. The lowest BCUT2D eigenvalue weighted by molar-refractivity contribution is -0.120. The second-order valence-corrected chi connectivity index (χ2v) is 12.4. The fraction of sp³-hybridized carbons (Fsp3) is 0.324. The number of methoxy groups -OCH3 is 1. The molecule has 5 N–H and O–H groups in total. The number of pyridine rings is 3. The second-order valence-electron chi connectivity index (χ2n) is 11.7. The zero-order valence-electron chi connectivity index (χ0n) is 26.2. The minimum atomic E-state index is -0.510. The summed E-state index contributed by atoms with van der Waals surface area (Å²) in [4.78, 5) is 36.4. The summed E-state index contributed by atoms with van der Waals surface area (Å²) < 4.78 is 21.1. The van der Waals surface area contributed by atoms with Gasteiger partial charge < -0.3 is 31.3 Å². The number of rotatable bonds is 13. The molecule has 2 saturated heterocycles. The highest BCUT2D eigenvalue weighted by Crippen LogP contribution is 2.41. The Bertz CT molecular complexity index is 1830. The molecule has 0 aliphatic carbocycles. The van der Waals surface area contributed by atoms with Gasteiger partial charge in [-0.1, -0.05) is 41.4 Å². The maximum Gasteiger partial charge on any atom is 0.220 e. The summed E-state index contributed by atoms with van der Waals surface area (Å²) in [7, 11) is 1.56. The normalized spacial score (nSPS) is 17.3. The molecule has 2 fully saturated rings. The van der Waals surface area contributed by atoms with Crippen LogP contribution >= 0.6 is 23.2 Å². The number of carbonyl (C=O) groups excluding carboxylic acids is 2. The van der Waals surface area contributed by atoms with E-state index in [-0.39, 0.29) is 41.8 Å². The number of carbonyl (C=O) groups is 2. The van der Waals surface area contributed by atoms with Crippen molar-refractivity contribution in [3.05, 3.63) is 82.0 Å². The number of halogens is 3. The third kappa shape index (κ3) is 7.68. The van der Waals surface area contributed by atoms with Crippen LogP contribution in [0, 0.1) is 5.82 Å². The molecule has 5 heterocycles. The zero-order chi connectivity index (χ0) is 33.6. The lowest BCUT2D eigenvalue weighted by Gasteiger charge is -2.16. The molecule has 2 aliphatic heterocycles. The Morgan fingerprint density at radius 3 is 2.25 bits per heavy atom. The summed E-state index contributed by atoms with van der Waals surface area (Å²) in [6, 6.07) is 12.6. The lowest BCUT2D eigenvalue weighted by atomic mass is 10.1. The molecule has 3 aromatic heterocycles. The molecule has 2 atom stereocenters. The van der Waals surface area contributed by atoms with E-state index >= 15 is 4.39 Å². The van der Waals surface area contributed by atoms with Gasteiger partial charge in [0.25, 0.3) is 0 Å². The molecule has 1 aromatic carbocycles. The molecule has 0 unspecified atom stereocenters. The highest BCUT2D eigenvalue weighted by Gasteiger charge is 2.22. The van der Waals surface area contributed by atoms with Gasteiger partial charge in [0.15, 0.2) is 5.82 Å². The van der Waals surface area contributed by atoms with Gasteiger partial charge in [-0.3, -0.25) is 19.6 Å². The Labute approximate surface area is 287 Å². The molecule has 11 nitrogen and oxygen atoms in total. The average Bonchev–Trinajstić information content (AvgIpc) is 3.70. The first-order chi connectivity index (χ1) is 23.3. The highest BCUT2D eigenvalue weighted by atomic mass is 35.5. The molecule has 0 radical (unpaired) electrons. The van der Waals surface area contributed by atoms with Crippen LogP contribution in [0.2, 0.25) is 10.0 Å². The molecule has 0 spiro atoms. The first-order valence-electron chi connectivity index (χ1n) is 15.7. The third-order valence-corrected chi connectivity index (χ3v) is 9.13. The van der Waals surface area contributed by atoms with E-state index < -0.39 is 5.82 Å². The van der Waals surface area contributed by atoms with Gasteiger partial charge in [-0.2, -0.15) is 0 Å². The minimum Gasteiger partial charge on any atom is -0.481 e. The Kier molecular flexibility index (Phi) is 10.7. The number of ether oxygens (including phenoxy) is 1. The Morgan fingerprint density at radius 2 is 1.56 bits per heavy atom. The first kappa shape index (κ1) is 33.5. The third-order valence-electron chi connectivity index (χ3n) is 8.34. The van der Waals surface area contributed by atoms with Crippen molar-refractivity contribution in [1.82, 2.24) is 36.2 Å². The van der Waals surface area contributed by atoms with Crippen LogP contribution in [-0.2, 0) is 22.7 Å². The van der Waals surface area contributed by atoms with Gasteiger partial charge in [0, 0.05) is 80.2 Å². The summed E-state index contributed by atoms with van der Waals surface area (Å²) in [5, 5.41) is 16.1. The van der Waals surface area contributed by atoms with Gasteiger partial charge >= 0.3 is 0 Å². The summed E-state index contributed by atoms with van der Waals surface area (Å²) in [6.45, 7) is 1.89. The summed E-state index contributed by atoms with van der Waals surface area (Å²) >= 11 is 13.8. The predicted molar refractivity (Wildman–Crippen MR) is 183 cm³/mol. The largest absolute Gasteiger partial charge is 0.481 e. The van der Waals surface area contributed by atoms with Gasteiger partial charge in [-0.05, 0) is 37.1 Å². The van der Waals surface area contributed by atoms with Crippen LogP contribution in [0.3, 0.4) is 0 Å². The molecule has 6 rings (SSSR count). The van der Waals surface area contributed by atoms with E-state index in [9.17, 15) is 9.59 Å². The average molecular weight is 694 g/mol. The maximum absolute atomic E-state index is 15.5. The maximum atomic E-state index is 15.5. The van der Waals surface area contributed by atoms with Crippen LogP contribution in [0.25, 0.3) is 22.5 Å². The van der Waals surface area contributed by atoms with Crippen molar-refractivity contribution >= 4 is 46.4 Å². The van der Waals surface area contributed by atoms with Gasteiger partial charge in [0.1, 0.15) is 0 Å². The van der Waals surface area contributed by atoms with Crippen molar-refractivity contribution in [2.75, 3.05) is 25.5 Å². The first-order valence-corrected chi connectivity index (χ1v) is 16.4. The van der Waals surface area contributed by atoms with E-state index in [1.165, 1.54) is 12.3 Å². The van der Waals surface area contributed by atoms with Crippen LogP contribution in [0.1, 0.15) is 36.9 Å². The second kappa shape index (κ2) is 15.2. The lowest BCUT2D eigenvalue weighted by Crippen LogP contribution is -2.35. The van der Waals surface area contributed by atoms with Crippen molar-refractivity contribution in [3.63, 3.8) is 0 Å². The fourth-order valence-corrected chi connectivity index (χ4v) is 6.40. The van der Waals surface area contributed by atoms with Crippen molar-refractivity contribution in [1.29, 1.82) is 0 Å². The number of nitrogens with one attached hydrogen (secondary N) is 5. The van der Waals surface area contributed by atoms with E-state index in [2.05, 4.69) is 36.6 Å². The van der Waals surface area contributed by atoms with Crippen LogP contribution < -0.4 is 31.3 Å². The molecular formula is C34H35Cl2FN8O3. The number of hydrogen-bond donors (Lipinski definition) is 5. The topological polar surface area (TPSA) is 142 Å². The van der Waals surface area contributed by atoms with Crippen LogP contribution in [0.4, 0.5) is 15.8 Å². The van der Waals surface area contributed by atoms with E-state index in [0.29, 0.717) is 76.6 Å².